The zero-order valence-electron chi connectivity index (χ0n) is 17.0. The van der Waals surface area contributed by atoms with Gasteiger partial charge in [0.15, 0.2) is 14.6 Å². The standard InChI is InChI=1S/C19H35BrO4Si/c1-14(20)12-21-15-10-11-17(24-18(2,3)4)23-16(15)13-22-25(8,9)19(5,6)7/h10-11,15-17H,1,12-13H2,2-9H3/t15-,16+,17+/m0/s1. The average Bonchev–Trinajstić information content (AvgIpc) is 2.41. The van der Waals surface area contributed by atoms with Crippen molar-refractivity contribution in [1.29, 1.82) is 0 Å². The molecule has 0 aromatic rings. The maximum atomic E-state index is 6.36. The molecule has 0 aliphatic carbocycles. The molecule has 146 valence electrons. The van der Waals surface area contributed by atoms with E-state index in [0.717, 1.165) is 4.48 Å². The van der Waals surface area contributed by atoms with Gasteiger partial charge in [0.05, 0.1) is 18.8 Å². The van der Waals surface area contributed by atoms with E-state index in [1.54, 1.807) is 0 Å². The fraction of sp³-hybridized carbons (Fsp3) is 0.789. The summed E-state index contributed by atoms with van der Waals surface area (Å²) in [7, 11) is -1.86. The van der Waals surface area contributed by atoms with Crippen LogP contribution in [-0.4, -0.2) is 45.6 Å². The van der Waals surface area contributed by atoms with Crippen LogP contribution in [-0.2, 0) is 18.6 Å². The lowest BCUT2D eigenvalue weighted by molar-refractivity contribution is -0.218. The third kappa shape index (κ3) is 8.06. The van der Waals surface area contributed by atoms with Crippen molar-refractivity contribution in [2.45, 2.75) is 83.8 Å². The molecule has 1 rings (SSSR count). The van der Waals surface area contributed by atoms with Crippen molar-refractivity contribution >= 4 is 24.2 Å². The lowest BCUT2D eigenvalue weighted by Crippen LogP contribution is -2.48. The van der Waals surface area contributed by atoms with E-state index in [1.807, 2.05) is 32.9 Å². The SMILES string of the molecule is C=C(Br)CO[C@H]1C=C[C@@H](OC(C)(C)C)O[C@@H]1CO[Si](C)(C)C(C)(C)C. The minimum absolute atomic E-state index is 0.152. The predicted molar refractivity (Wildman–Crippen MR) is 110 cm³/mol. The van der Waals surface area contributed by atoms with E-state index in [-0.39, 0.29) is 29.1 Å². The summed E-state index contributed by atoms with van der Waals surface area (Å²) in [6.45, 7) is 22.0. The van der Waals surface area contributed by atoms with Crippen molar-refractivity contribution < 1.29 is 18.6 Å². The highest BCUT2D eigenvalue weighted by molar-refractivity contribution is 9.11. The van der Waals surface area contributed by atoms with Crippen molar-refractivity contribution in [3.05, 3.63) is 23.2 Å². The van der Waals surface area contributed by atoms with E-state index < -0.39 is 8.32 Å². The second-order valence-corrected chi connectivity index (χ2v) is 15.0. The summed E-state index contributed by atoms with van der Waals surface area (Å²) in [5, 5.41) is 0.152. The Hall–Kier alpha value is 0.0169. The summed E-state index contributed by atoms with van der Waals surface area (Å²) in [4.78, 5) is 0. The topological polar surface area (TPSA) is 36.9 Å². The van der Waals surface area contributed by atoms with E-state index >= 15 is 0 Å². The van der Waals surface area contributed by atoms with Gasteiger partial charge < -0.3 is 18.6 Å². The van der Waals surface area contributed by atoms with Crippen LogP contribution < -0.4 is 0 Å². The largest absolute Gasteiger partial charge is 0.414 e. The van der Waals surface area contributed by atoms with Gasteiger partial charge in [-0.1, -0.05) is 49.4 Å². The molecule has 25 heavy (non-hydrogen) atoms. The number of rotatable bonds is 7. The Morgan fingerprint density at radius 3 is 2.24 bits per heavy atom. The van der Waals surface area contributed by atoms with Gasteiger partial charge in [0.2, 0.25) is 0 Å². The zero-order valence-corrected chi connectivity index (χ0v) is 19.6. The van der Waals surface area contributed by atoms with Gasteiger partial charge in [0.25, 0.3) is 0 Å². The molecule has 1 heterocycles. The molecule has 0 aromatic carbocycles. The average molecular weight is 435 g/mol. The molecular weight excluding hydrogens is 400 g/mol. The molecule has 0 fully saturated rings. The summed E-state index contributed by atoms with van der Waals surface area (Å²) in [5.74, 6) is 0. The first kappa shape index (κ1) is 23.1. The van der Waals surface area contributed by atoms with Gasteiger partial charge in [-0.15, -0.1) is 0 Å². The summed E-state index contributed by atoms with van der Waals surface area (Å²) in [6.07, 6.45) is 3.14. The Balaban J connectivity index is 2.81. The molecule has 0 unspecified atom stereocenters. The van der Waals surface area contributed by atoms with Crippen LogP contribution >= 0.6 is 15.9 Å². The Morgan fingerprint density at radius 2 is 1.76 bits per heavy atom. The van der Waals surface area contributed by atoms with Crippen LogP contribution in [0.5, 0.6) is 0 Å². The molecular formula is C19H35BrO4Si. The smallest absolute Gasteiger partial charge is 0.192 e. The van der Waals surface area contributed by atoms with Crippen molar-refractivity contribution in [2.24, 2.45) is 0 Å². The number of ether oxygens (including phenoxy) is 3. The molecule has 0 radical (unpaired) electrons. The van der Waals surface area contributed by atoms with E-state index in [4.69, 9.17) is 18.6 Å². The first-order chi connectivity index (χ1) is 11.2. The van der Waals surface area contributed by atoms with Gasteiger partial charge >= 0.3 is 0 Å². The fourth-order valence-corrected chi connectivity index (χ4v) is 3.17. The van der Waals surface area contributed by atoms with Gasteiger partial charge in [-0.05, 0) is 45.0 Å². The lowest BCUT2D eigenvalue weighted by atomic mass is 10.1. The summed E-state index contributed by atoms with van der Waals surface area (Å²) in [5.41, 5.74) is -0.280. The maximum Gasteiger partial charge on any atom is 0.192 e. The van der Waals surface area contributed by atoms with Crippen LogP contribution in [0, 0.1) is 0 Å². The Morgan fingerprint density at radius 1 is 1.16 bits per heavy atom. The van der Waals surface area contributed by atoms with Gasteiger partial charge in [0.1, 0.15) is 12.2 Å². The van der Waals surface area contributed by atoms with E-state index in [1.165, 1.54) is 0 Å². The third-order valence-corrected chi connectivity index (χ3v) is 9.18. The molecule has 0 saturated carbocycles. The number of hydrogen-bond donors (Lipinski definition) is 0. The maximum absolute atomic E-state index is 6.36. The quantitative estimate of drug-likeness (QED) is 0.397. The van der Waals surface area contributed by atoms with E-state index in [0.29, 0.717) is 13.2 Å². The Kier molecular flexibility index (Phi) is 8.12. The summed E-state index contributed by atoms with van der Waals surface area (Å²) in [6, 6.07) is 0. The second-order valence-electron chi connectivity index (χ2n) is 9.02. The predicted octanol–water partition coefficient (Wildman–Crippen LogP) is 5.40. The third-order valence-electron chi connectivity index (χ3n) is 4.45. The van der Waals surface area contributed by atoms with Crippen molar-refractivity contribution in [3.8, 4) is 0 Å². The van der Waals surface area contributed by atoms with Crippen LogP contribution in [0.4, 0.5) is 0 Å². The summed E-state index contributed by atoms with van der Waals surface area (Å²) >= 11 is 3.34. The van der Waals surface area contributed by atoms with Crippen LogP contribution in [0.2, 0.25) is 18.1 Å². The second kappa shape index (κ2) is 8.80. The Bertz CT molecular complexity index is 477. The zero-order chi connectivity index (χ0) is 19.5. The first-order valence-corrected chi connectivity index (χ1v) is 12.5. The van der Waals surface area contributed by atoms with E-state index in [9.17, 15) is 0 Å². The van der Waals surface area contributed by atoms with Gasteiger partial charge in [-0.2, -0.15) is 0 Å². The molecule has 1 aliphatic rings. The van der Waals surface area contributed by atoms with Crippen LogP contribution in [0.3, 0.4) is 0 Å². The van der Waals surface area contributed by atoms with Gasteiger partial charge in [-0.25, -0.2) is 0 Å². The van der Waals surface area contributed by atoms with Gasteiger partial charge in [0, 0.05) is 4.48 Å². The Labute approximate surface area is 163 Å². The first-order valence-electron chi connectivity index (χ1n) is 8.82. The molecule has 0 bridgehead atoms. The highest BCUT2D eigenvalue weighted by atomic mass is 79.9. The molecule has 3 atom stereocenters. The fourth-order valence-electron chi connectivity index (χ4n) is 2.03. The van der Waals surface area contributed by atoms with Crippen LogP contribution in [0.1, 0.15) is 41.5 Å². The normalized spacial score (nSPS) is 25.2. The molecule has 4 nitrogen and oxygen atoms in total. The summed E-state index contributed by atoms with van der Waals surface area (Å²) < 4.78 is 25.2. The monoisotopic (exact) mass is 434 g/mol. The lowest BCUT2D eigenvalue weighted by Gasteiger charge is -2.40. The van der Waals surface area contributed by atoms with Crippen molar-refractivity contribution in [2.75, 3.05) is 13.2 Å². The molecule has 1 aliphatic heterocycles. The molecule has 0 N–H and O–H groups in total. The molecule has 0 saturated heterocycles. The van der Waals surface area contributed by atoms with Crippen molar-refractivity contribution in [3.63, 3.8) is 0 Å². The number of halogens is 1. The minimum Gasteiger partial charge on any atom is -0.414 e. The van der Waals surface area contributed by atoms with Crippen molar-refractivity contribution in [1.82, 2.24) is 0 Å². The highest BCUT2D eigenvalue weighted by Gasteiger charge is 2.39. The van der Waals surface area contributed by atoms with E-state index in [2.05, 4.69) is 56.4 Å². The highest BCUT2D eigenvalue weighted by Crippen LogP contribution is 2.37. The van der Waals surface area contributed by atoms with Crippen LogP contribution in [0.15, 0.2) is 23.2 Å². The van der Waals surface area contributed by atoms with Gasteiger partial charge in [-0.3, -0.25) is 0 Å². The van der Waals surface area contributed by atoms with Crippen LogP contribution in [0.25, 0.3) is 0 Å². The molecule has 0 spiro atoms. The minimum atomic E-state index is -1.86. The number of hydrogen-bond acceptors (Lipinski definition) is 4. The molecule has 0 amide bonds. The molecule has 6 heteroatoms. The molecule has 0 aromatic heterocycles.